The molecule has 1 amide bonds. The van der Waals surface area contributed by atoms with Crippen molar-refractivity contribution in [2.24, 2.45) is 15.6 Å². The van der Waals surface area contributed by atoms with Gasteiger partial charge in [-0.1, -0.05) is 12.1 Å². The van der Waals surface area contributed by atoms with Crippen molar-refractivity contribution in [3.63, 3.8) is 0 Å². The number of amides is 1. The summed E-state index contributed by atoms with van der Waals surface area (Å²) in [4.78, 5) is 23.4. The molecule has 1 saturated heterocycles. The molecule has 2 heterocycles. The second-order valence-electron chi connectivity index (χ2n) is 6.96. The lowest BCUT2D eigenvalue weighted by Crippen LogP contribution is -2.37. The minimum Gasteiger partial charge on any atom is -0.481 e. The summed E-state index contributed by atoms with van der Waals surface area (Å²) in [7, 11) is 0. The maximum atomic E-state index is 12.1. The third kappa shape index (κ3) is 2.71. The van der Waals surface area contributed by atoms with E-state index in [1.807, 2.05) is 32.0 Å². The Balaban J connectivity index is 1.84. The molecule has 3 N–H and O–H groups in total. The first-order valence-corrected chi connectivity index (χ1v) is 7.76. The number of aryl methyl sites for hydroxylation is 1. The number of benzene rings is 1. The molecule has 0 saturated carbocycles. The SMILES string of the molecule is Cc1cccc2c1C(=NN=CC1(C)CC(C)(C(=O)O)CN1)C(=O)N2. The van der Waals surface area contributed by atoms with E-state index in [1.54, 1.807) is 13.1 Å². The molecule has 0 spiro atoms. The Labute approximate surface area is 139 Å². The molecular weight excluding hydrogens is 308 g/mol. The average Bonchev–Trinajstić information content (AvgIpc) is 2.99. The van der Waals surface area contributed by atoms with Gasteiger partial charge in [0.25, 0.3) is 5.91 Å². The van der Waals surface area contributed by atoms with E-state index in [1.165, 1.54) is 0 Å². The Bertz CT molecular complexity index is 786. The van der Waals surface area contributed by atoms with Crippen LogP contribution in [0.5, 0.6) is 0 Å². The fourth-order valence-electron chi connectivity index (χ4n) is 3.27. The second-order valence-corrected chi connectivity index (χ2v) is 6.96. The van der Waals surface area contributed by atoms with E-state index in [0.717, 1.165) is 16.8 Å². The molecule has 1 aromatic rings. The molecular formula is C17H20N4O3. The van der Waals surface area contributed by atoms with Crippen LogP contribution in [0.3, 0.4) is 0 Å². The van der Waals surface area contributed by atoms with Crippen LogP contribution in [-0.4, -0.2) is 41.0 Å². The van der Waals surface area contributed by atoms with Crippen molar-refractivity contribution in [3.8, 4) is 0 Å². The topological polar surface area (TPSA) is 103 Å². The lowest BCUT2D eigenvalue weighted by Gasteiger charge is -2.20. The maximum absolute atomic E-state index is 12.1. The summed E-state index contributed by atoms with van der Waals surface area (Å²) in [6, 6.07) is 5.61. The van der Waals surface area contributed by atoms with Crippen LogP contribution in [0.1, 0.15) is 31.4 Å². The maximum Gasteiger partial charge on any atom is 0.310 e. The average molecular weight is 328 g/mol. The van der Waals surface area contributed by atoms with Crippen LogP contribution < -0.4 is 10.6 Å². The number of aliphatic carboxylic acids is 1. The quantitative estimate of drug-likeness (QED) is 0.579. The molecule has 7 heteroatoms. The van der Waals surface area contributed by atoms with Crippen molar-refractivity contribution in [1.29, 1.82) is 0 Å². The van der Waals surface area contributed by atoms with Gasteiger partial charge in [0.05, 0.1) is 16.6 Å². The smallest absolute Gasteiger partial charge is 0.310 e. The van der Waals surface area contributed by atoms with Gasteiger partial charge in [-0.05, 0) is 38.8 Å². The number of hydrogen-bond donors (Lipinski definition) is 3. The monoisotopic (exact) mass is 328 g/mol. The van der Waals surface area contributed by atoms with E-state index in [-0.39, 0.29) is 11.6 Å². The zero-order valence-electron chi connectivity index (χ0n) is 13.9. The Morgan fingerprint density at radius 2 is 2.12 bits per heavy atom. The number of fused-ring (bicyclic) bond motifs is 1. The third-order valence-corrected chi connectivity index (χ3v) is 4.63. The highest BCUT2D eigenvalue weighted by molar-refractivity contribution is 6.54. The first-order chi connectivity index (χ1) is 11.2. The number of nitrogens with zero attached hydrogens (tertiary/aromatic N) is 2. The lowest BCUT2D eigenvalue weighted by molar-refractivity contribution is -0.146. The fourth-order valence-corrected chi connectivity index (χ4v) is 3.27. The molecule has 2 aliphatic rings. The van der Waals surface area contributed by atoms with Crippen LogP contribution in [-0.2, 0) is 9.59 Å². The third-order valence-electron chi connectivity index (χ3n) is 4.63. The molecule has 1 fully saturated rings. The summed E-state index contributed by atoms with van der Waals surface area (Å²) in [5.74, 6) is -1.12. The van der Waals surface area contributed by atoms with Gasteiger partial charge in [-0.25, -0.2) is 0 Å². The van der Waals surface area contributed by atoms with Crippen LogP contribution in [0.15, 0.2) is 28.4 Å². The summed E-state index contributed by atoms with van der Waals surface area (Å²) in [5.41, 5.74) is 1.32. The second kappa shape index (κ2) is 5.52. The number of carbonyl (C=O) groups excluding carboxylic acids is 1. The van der Waals surface area contributed by atoms with Crippen molar-refractivity contribution < 1.29 is 14.7 Å². The van der Waals surface area contributed by atoms with Crippen molar-refractivity contribution in [1.82, 2.24) is 5.32 Å². The normalized spacial score (nSPS) is 30.8. The van der Waals surface area contributed by atoms with Gasteiger partial charge in [-0.15, -0.1) is 5.10 Å². The van der Waals surface area contributed by atoms with E-state index in [0.29, 0.717) is 13.0 Å². The van der Waals surface area contributed by atoms with Crippen molar-refractivity contribution in [2.45, 2.75) is 32.7 Å². The van der Waals surface area contributed by atoms with Crippen LogP contribution in [0, 0.1) is 12.3 Å². The fraction of sp³-hybridized carbons (Fsp3) is 0.412. The van der Waals surface area contributed by atoms with Gasteiger partial charge in [-0.3, -0.25) is 9.59 Å². The van der Waals surface area contributed by atoms with E-state index < -0.39 is 16.9 Å². The van der Waals surface area contributed by atoms with Crippen molar-refractivity contribution in [2.75, 3.05) is 11.9 Å². The van der Waals surface area contributed by atoms with Crippen molar-refractivity contribution in [3.05, 3.63) is 29.3 Å². The molecule has 1 aromatic carbocycles. The Kier molecular flexibility index (Phi) is 3.76. The molecule has 0 bridgehead atoms. The van der Waals surface area contributed by atoms with Gasteiger partial charge in [0.2, 0.25) is 0 Å². The highest BCUT2D eigenvalue weighted by Gasteiger charge is 2.46. The van der Waals surface area contributed by atoms with E-state index in [4.69, 9.17) is 0 Å². The first-order valence-electron chi connectivity index (χ1n) is 7.76. The highest BCUT2D eigenvalue weighted by Crippen LogP contribution is 2.34. The number of carboxylic acid groups (broad SMARTS) is 1. The summed E-state index contributed by atoms with van der Waals surface area (Å²) in [6.45, 7) is 5.86. The number of carbonyl (C=O) groups is 2. The summed E-state index contributed by atoms with van der Waals surface area (Å²) >= 11 is 0. The molecule has 24 heavy (non-hydrogen) atoms. The molecule has 0 aliphatic carbocycles. The van der Waals surface area contributed by atoms with Crippen LogP contribution >= 0.6 is 0 Å². The van der Waals surface area contributed by atoms with E-state index >= 15 is 0 Å². The molecule has 2 unspecified atom stereocenters. The van der Waals surface area contributed by atoms with Gasteiger partial charge in [-0.2, -0.15) is 5.10 Å². The van der Waals surface area contributed by atoms with Gasteiger partial charge < -0.3 is 15.7 Å². The predicted octanol–water partition coefficient (Wildman–Crippen LogP) is 1.56. The minimum atomic E-state index is -0.835. The minimum absolute atomic E-state index is 0.280. The number of hydrogen-bond acceptors (Lipinski definition) is 5. The molecule has 2 aliphatic heterocycles. The largest absolute Gasteiger partial charge is 0.481 e. The summed E-state index contributed by atoms with van der Waals surface area (Å²) in [6.07, 6.45) is 1.99. The lowest BCUT2D eigenvalue weighted by atomic mass is 9.84. The van der Waals surface area contributed by atoms with Crippen molar-refractivity contribution >= 4 is 29.5 Å². The molecule has 7 nitrogen and oxygen atoms in total. The Hall–Kier alpha value is -2.54. The van der Waals surface area contributed by atoms with Gasteiger partial charge in [0.15, 0.2) is 5.71 Å². The molecule has 2 atom stereocenters. The van der Waals surface area contributed by atoms with Crippen LogP contribution in [0.25, 0.3) is 0 Å². The number of rotatable bonds is 3. The zero-order chi connectivity index (χ0) is 17.5. The molecule has 126 valence electrons. The zero-order valence-corrected chi connectivity index (χ0v) is 13.9. The molecule has 3 rings (SSSR count). The molecule has 0 radical (unpaired) electrons. The van der Waals surface area contributed by atoms with Gasteiger partial charge >= 0.3 is 5.97 Å². The van der Waals surface area contributed by atoms with Gasteiger partial charge in [0, 0.05) is 18.3 Å². The number of nitrogens with one attached hydrogen (secondary N) is 2. The van der Waals surface area contributed by atoms with Gasteiger partial charge in [0.1, 0.15) is 0 Å². The Morgan fingerprint density at radius 1 is 1.38 bits per heavy atom. The highest BCUT2D eigenvalue weighted by atomic mass is 16.4. The number of carboxylic acids is 1. The van der Waals surface area contributed by atoms with Crippen LogP contribution in [0.2, 0.25) is 0 Å². The Morgan fingerprint density at radius 3 is 2.79 bits per heavy atom. The first kappa shape index (κ1) is 16.3. The molecule has 0 aromatic heterocycles. The predicted molar refractivity (Wildman–Crippen MR) is 91.6 cm³/mol. The standard InChI is InChI=1S/C17H20N4O3/c1-10-5-4-6-11-12(10)13(14(22)20-11)21-19-9-17(3)7-16(2,8-18-17)15(23)24/h4-6,9,18H,7-8H2,1-3H3,(H,23,24)(H,20,21,22). The van der Waals surface area contributed by atoms with E-state index in [9.17, 15) is 14.7 Å². The van der Waals surface area contributed by atoms with E-state index in [2.05, 4.69) is 20.8 Å². The van der Waals surface area contributed by atoms with Crippen LogP contribution in [0.4, 0.5) is 5.69 Å². The summed E-state index contributed by atoms with van der Waals surface area (Å²) < 4.78 is 0. The summed E-state index contributed by atoms with van der Waals surface area (Å²) in [5, 5.41) is 23.4. The number of anilines is 1.